The summed E-state index contributed by atoms with van der Waals surface area (Å²) in [6, 6.07) is 38.1. The molecule has 0 fully saturated rings. The van der Waals surface area contributed by atoms with Gasteiger partial charge in [0.05, 0.1) is 17.7 Å². The van der Waals surface area contributed by atoms with Gasteiger partial charge in [0.25, 0.3) is 10.0 Å². The zero-order chi connectivity index (χ0) is 37.1. The third-order valence-corrected chi connectivity index (χ3v) is 10.2. The van der Waals surface area contributed by atoms with Gasteiger partial charge < -0.3 is 19.7 Å². The highest BCUT2D eigenvalue weighted by Crippen LogP contribution is 2.29. The SMILES string of the molecule is COc1cccc(CN(C(=O)CN(c2ccc(Oc3ccccc3)cc2)S(=O)(=O)c2ccc(C)cc2)[C@@H](Cc2ccccc2)C(=O)NCC(C)C)c1. The van der Waals surface area contributed by atoms with E-state index in [0.29, 0.717) is 23.8 Å². The monoisotopic (exact) mass is 719 g/mol. The predicted molar refractivity (Wildman–Crippen MR) is 204 cm³/mol. The molecule has 0 radical (unpaired) electrons. The van der Waals surface area contributed by atoms with E-state index in [1.54, 1.807) is 55.6 Å². The molecule has 270 valence electrons. The van der Waals surface area contributed by atoms with Gasteiger partial charge in [-0.15, -0.1) is 0 Å². The second kappa shape index (κ2) is 17.5. The minimum atomic E-state index is -4.26. The van der Waals surface area contributed by atoms with Crippen molar-refractivity contribution in [1.29, 1.82) is 0 Å². The van der Waals surface area contributed by atoms with Crippen molar-refractivity contribution < 1.29 is 27.5 Å². The van der Waals surface area contributed by atoms with Crippen LogP contribution >= 0.6 is 0 Å². The zero-order valence-electron chi connectivity index (χ0n) is 29.9. The third kappa shape index (κ3) is 10.0. The minimum Gasteiger partial charge on any atom is -0.497 e. The first kappa shape index (κ1) is 37.6. The van der Waals surface area contributed by atoms with Crippen molar-refractivity contribution in [3.8, 4) is 17.2 Å². The van der Waals surface area contributed by atoms with E-state index in [-0.39, 0.29) is 35.4 Å². The number of hydrogen-bond donors (Lipinski definition) is 1. The molecule has 1 N–H and O–H groups in total. The summed E-state index contributed by atoms with van der Waals surface area (Å²) in [5.74, 6) is 1.01. The Bertz CT molecular complexity index is 2020. The van der Waals surface area contributed by atoms with E-state index in [1.807, 2.05) is 93.6 Å². The number of hydrogen-bond acceptors (Lipinski definition) is 6. The van der Waals surface area contributed by atoms with Crippen molar-refractivity contribution in [1.82, 2.24) is 10.2 Å². The van der Waals surface area contributed by atoms with Crippen LogP contribution in [0.3, 0.4) is 0 Å². The summed E-state index contributed by atoms with van der Waals surface area (Å²) in [7, 11) is -2.70. The van der Waals surface area contributed by atoms with Crippen LogP contribution in [0.5, 0.6) is 17.2 Å². The lowest BCUT2D eigenvalue weighted by molar-refractivity contribution is -0.140. The fourth-order valence-corrected chi connectivity index (χ4v) is 7.03. The van der Waals surface area contributed by atoms with Crippen molar-refractivity contribution in [3.63, 3.8) is 0 Å². The Balaban J connectivity index is 1.56. The summed E-state index contributed by atoms with van der Waals surface area (Å²) < 4.78 is 41.3. The number of rotatable bonds is 16. The van der Waals surface area contributed by atoms with Crippen LogP contribution in [-0.4, -0.2) is 51.4 Å². The molecule has 5 rings (SSSR count). The summed E-state index contributed by atoms with van der Waals surface area (Å²) in [5.41, 5.74) is 2.73. The summed E-state index contributed by atoms with van der Waals surface area (Å²) in [4.78, 5) is 30.3. The van der Waals surface area contributed by atoms with Gasteiger partial charge in [-0.25, -0.2) is 8.42 Å². The Labute approximate surface area is 306 Å². The summed E-state index contributed by atoms with van der Waals surface area (Å²) >= 11 is 0. The molecule has 0 aromatic heterocycles. The maximum absolute atomic E-state index is 14.8. The lowest BCUT2D eigenvalue weighted by Crippen LogP contribution is -2.53. The maximum atomic E-state index is 14.8. The molecule has 1 atom stereocenters. The normalized spacial score (nSPS) is 11.8. The number of benzene rings is 5. The van der Waals surface area contributed by atoms with E-state index in [9.17, 15) is 18.0 Å². The van der Waals surface area contributed by atoms with Crippen molar-refractivity contribution in [3.05, 3.63) is 150 Å². The molecule has 52 heavy (non-hydrogen) atoms. The fraction of sp³-hybridized carbons (Fsp3) is 0.238. The molecule has 0 saturated carbocycles. The van der Waals surface area contributed by atoms with Gasteiger partial charge >= 0.3 is 0 Å². The van der Waals surface area contributed by atoms with Gasteiger partial charge in [-0.1, -0.05) is 92.2 Å². The number of anilines is 1. The summed E-state index contributed by atoms with van der Waals surface area (Å²) in [6.07, 6.45) is 0.219. The van der Waals surface area contributed by atoms with Crippen LogP contribution in [0.1, 0.15) is 30.5 Å². The second-order valence-corrected chi connectivity index (χ2v) is 14.8. The number of para-hydroxylation sites is 1. The van der Waals surface area contributed by atoms with Crippen LogP contribution in [0.25, 0.3) is 0 Å². The first-order valence-electron chi connectivity index (χ1n) is 17.2. The van der Waals surface area contributed by atoms with E-state index in [4.69, 9.17) is 9.47 Å². The van der Waals surface area contributed by atoms with Crippen LogP contribution in [0.4, 0.5) is 5.69 Å². The Morgan fingerprint density at radius 1 is 0.731 bits per heavy atom. The average Bonchev–Trinajstić information content (AvgIpc) is 3.15. The van der Waals surface area contributed by atoms with Gasteiger partial charge in [0, 0.05) is 19.5 Å². The Morgan fingerprint density at radius 3 is 1.96 bits per heavy atom. The van der Waals surface area contributed by atoms with Gasteiger partial charge in [0.2, 0.25) is 11.8 Å². The zero-order valence-corrected chi connectivity index (χ0v) is 30.8. The van der Waals surface area contributed by atoms with Gasteiger partial charge in [0.15, 0.2) is 0 Å². The Hall–Kier alpha value is -5.61. The number of nitrogens with one attached hydrogen (secondary N) is 1. The van der Waals surface area contributed by atoms with Crippen LogP contribution in [0.15, 0.2) is 138 Å². The molecule has 0 bridgehead atoms. The highest BCUT2D eigenvalue weighted by Gasteiger charge is 2.34. The highest BCUT2D eigenvalue weighted by molar-refractivity contribution is 7.92. The first-order valence-corrected chi connectivity index (χ1v) is 18.6. The summed E-state index contributed by atoms with van der Waals surface area (Å²) in [5, 5.41) is 3.02. The molecule has 9 nitrogen and oxygen atoms in total. The second-order valence-electron chi connectivity index (χ2n) is 13.0. The number of sulfonamides is 1. The van der Waals surface area contributed by atoms with Crippen molar-refractivity contribution in [2.24, 2.45) is 5.92 Å². The standard InChI is InChI=1S/C42H45N3O6S/c1-31(2)28-43-42(47)40(27-33-12-7-5-8-13-33)44(29-34-14-11-17-38(26-34)50-4)41(46)30-45(52(48,49)39-24-18-32(3)19-25-39)35-20-22-37(23-21-35)51-36-15-9-6-10-16-36/h5-26,31,40H,27-30H2,1-4H3,(H,43,47)/t40-/m0/s1. The molecule has 0 spiro atoms. The number of amides is 2. The molecule has 0 aliphatic carbocycles. The lowest BCUT2D eigenvalue weighted by Gasteiger charge is -2.34. The molecule has 2 amide bonds. The van der Waals surface area contributed by atoms with Crippen LogP contribution in [-0.2, 0) is 32.6 Å². The third-order valence-electron chi connectivity index (χ3n) is 8.43. The number of aryl methyl sites for hydroxylation is 1. The minimum absolute atomic E-state index is 0.0326. The largest absolute Gasteiger partial charge is 0.497 e. The van der Waals surface area contributed by atoms with E-state index in [2.05, 4.69) is 5.32 Å². The van der Waals surface area contributed by atoms with Gasteiger partial charge in [-0.3, -0.25) is 13.9 Å². The summed E-state index contributed by atoms with van der Waals surface area (Å²) in [6.45, 7) is 5.74. The van der Waals surface area contributed by atoms with Crippen LogP contribution < -0.4 is 19.1 Å². The number of nitrogens with zero attached hydrogens (tertiary/aromatic N) is 2. The van der Waals surface area contributed by atoms with Crippen LogP contribution in [0.2, 0.25) is 0 Å². The Morgan fingerprint density at radius 2 is 1.33 bits per heavy atom. The number of ether oxygens (including phenoxy) is 2. The van der Waals surface area contributed by atoms with Gasteiger partial charge in [-0.05, 0) is 84.6 Å². The van der Waals surface area contributed by atoms with Crippen molar-refractivity contribution in [2.75, 3.05) is 24.5 Å². The van der Waals surface area contributed by atoms with E-state index in [1.165, 1.54) is 17.0 Å². The van der Waals surface area contributed by atoms with Crippen molar-refractivity contribution >= 4 is 27.5 Å². The van der Waals surface area contributed by atoms with Crippen molar-refractivity contribution in [2.45, 2.75) is 44.7 Å². The molecule has 0 saturated heterocycles. The quantitative estimate of drug-likeness (QED) is 0.114. The van der Waals surface area contributed by atoms with E-state index >= 15 is 0 Å². The lowest BCUT2D eigenvalue weighted by atomic mass is 10.0. The van der Waals surface area contributed by atoms with E-state index < -0.39 is 28.5 Å². The molecular weight excluding hydrogens is 675 g/mol. The van der Waals surface area contributed by atoms with E-state index in [0.717, 1.165) is 21.0 Å². The predicted octanol–water partition coefficient (Wildman–Crippen LogP) is 7.40. The number of carbonyl (C=O) groups is 2. The molecule has 0 aliphatic heterocycles. The molecule has 10 heteroatoms. The Kier molecular flexibility index (Phi) is 12.7. The fourth-order valence-electron chi connectivity index (χ4n) is 5.62. The number of methoxy groups -OCH3 is 1. The first-order chi connectivity index (χ1) is 25.0. The smallest absolute Gasteiger partial charge is 0.264 e. The molecular formula is C42H45N3O6S. The maximum Gasteiger partial charge on any atom is 0.264 e. The molecule has 0 aliphatic rings. The molecule has 5 aromatic rings. The number of carbonyl (C=O) groups excluding carboxylic acids is 2. The average molecular weight is 720 g/mol. The topological polar surface area (TPSA) is 105 Å². The molecule has 5 aromatic carbocycles. The molecule has 0 unspecified atom stereocenters. The molecule has 0 heterocycles. The van der Waals surface area contributed by atoms with Gasteiger partial charge in [0.1, 0.15) is 29.8 Å². The highest BCUT2D eigenvalue weighted by atomic mass is 32.2. The van der Waals surface area contributed by atoms with Crippen LogP contribution in [0, 0.1) is 12.8 Å². The van der Waals surface area contributed by atoms with Gasteiger partial charge in [-0.2, -0.15) is 0 Å².